The molecule has 2 aromatic rings. The molecule has 20 heavy (non-hydrogen) atoms. The van der Waals surface area contributed by atoms with Crippen LogP contribution in [0.15, 0.2) is 42.6 Å². The first-order chi connectivity index (χ1) is 9.46. The number of hydrogen-bond donors (Lipinski definition) is 2. The van der Waals surface area contributed by atoms with Gasteiger partial charge in [-0.3, -0.25) is 9.71 Å². The highest BCUT2D eigenvalue weighted by atomic mass is 32.2. The van der Waals surface area contributed by atoms with Gasteiger partial charge in [0.2, 0.25) is 10.0 Å². The zero-order valence-electron chi connectivity index (χ0n) is 10.6. The molecule has 0 aliphatic rings. The Hall–Kier alpha value is -2.15. The Morgan fingerprint density at radius 1 is 1.25 bits per heavy atom. The quantitative estimate of drug-likeness (QED) is 0.823. The largest absolute Gasteiger partial charge is 0.396 e. The molecule has 1 heterocycles. The molecule has 0 spiro atoms. The van der Waals surface area contributed by atoms with E-state index in [1.165, 1.54) is 12.1 Å². The zero-order chi connectivity index (χ0) is 14.6. The van der Waals surface area contributed by atoms with Crippen molar-refractivity contribution in [1.29, 1.82) is 0 Å². The fourth-order valence-corrected chi connectivity index (χ4v) is 2.67. The Labute approximate surface area is 116 Å². The summed E-state index contributed by atoms with van der Waals surface area (Å²) in [4.78, 5) is 4.05. The molecular formula is C13H14FN3O2S. The maximum atomic E-state index is 13.2. The summed E-state index contributed by atoms with van der Waals surface area (Å²) in [5.41, 5.74) is 6.13. The van der Waals surface area contributed by atoms with Gasteiger partial charge >= 0.3 is 0 Å². The maximum Gasteiger partial charge on any atom is 0.233 e. The van der Waals surface area contributed by atoms with Gasteiger partial charge < -0.3 is 5.73 Å². The summed E-state index contributed by atoms with van der Waals surface area (Å²) in [5, 5.41) is 0. The van der Waals surface area contributed by atoms with Crippen molar-refractivity contribution in [1.82, 2.24) is 4.98 Å². The number of hydrogen-bond acceptors (Lipinski definition) is 4. The van der Waals surface area contributed by atoms with Crippen molar-refractivity contribution < 1.29 is 12.8 Å². The molecule has 0 amide bonds. The third-order valence-corrected chi connectivity index (χ3v) is 3.92. The van der Waals surface area contributed by atoms with Gasteiger partial charge in [-0.1, -0.05) is 6.07 Å². The molecule has 0 bridgehead atoms. The number of benzene rings is 1. The molecule has 0 aliphatic carbocycles. The predicted molar refractivity (Wildman–Crippen MR) is 76.2 cm³/mol. The highest BCUT2D eigenvalue weighted by molar-refractivity contribution is 7.92. The van der Waals surface area contributed by atoms with Gasteiger partial charge in [-0.05, 0) is 24.3 Å². The topological polar surface area (TPSA) is 85.1 Å². The van der Waals surface area contributed by atoms with E-state index in [1.807, 2.05) is 0 Å². The predicted octanol–water partition coefficient (Wildman–Crippen LogP) is 1.79. The number of aromatic nitrogens is 1. The number of pyridine rings is 1. The van der Waals surface area contributed by atoms with Gasteiger partial charge in [0.15, 0.2) is 0 Å². The average Bonchev–Trinajstić information content (AvgIpc) is 2.42. The van der Waals surface area contributed by atoms with Gasteiger partial charge in [-0.15, -0.1) is 0 Å². The van der Waals surface area contributed by atoms with Crippen molar-refractivity contribution in [3.8, 4) is 0 Å². The molecule has 0 saturated carbocycles. The fraction of sp³-hybridized carbons (Fsp3) is 0.154. The molecule has 106 valence electrons. The average molecular weight is 295 g/mol. The van der Waals surface area contributed by atoms with Crippen LogP contribution in [0.3, 0.4) is 0 Å². The van der Waals surface area contributed by atoms with Crippen molar-refractivity contribution in [2.45, 2.75) is 6.42 Å². The summed E-state index contributed by atoms with van der Waals surface area (Å²) in [5.74, 6) is -0.786. The Balaban J connectivity index is 2.02. The molecule has 5 nitrogen and oxygen atoms in total. The van der Waals surface area contributed by atoms with Gasteiger partial charge in [0.05, 0.1) is 17.1 Å². The van der Waals surface area contributed by atoms with Crippen molar-refractivity contribution in [2.75, 3.05) is 16.2 Å². The van der Waals surface area contributed by atoms with Gasteiger partial charge in [0.25, 0.3) is 0 Å². The lowest BCUT2D eigenvalue weighted by atomic mass is 10.3. The van der Waals surface area contributed by atoms with E-state index in [0.717, 1.165) is 6.07 Å². The van der Waals surface area contributed by atoms with Crippen LogP contribution in [-0.2, 0) is 16.4 Å². The lowest BCUT2D eigenvalue weighted by Gasteiger charge is -2.08. The van der Waals surface area contributed by atoms with E-state index in [0.29, 0.717) is 5.69 Å². The van der Waals surface area contributed by atoms with E-state index in [-0.39, 0.29) is 23.5 Å². The van der Waals surface area contributed by atoms with Gasteiger partial charge in [0, 0.05) is 24.4 Å². The third-order valence-electron chi connectivity index (χ3n) is 2.63. The number of nitrogens with two attached hydrogens (primary N) is 1. The van der Waals surface area contributed by atoms with Crippen LogP contribution in [0.25, 0.3) is 0 Å². The normalized spacial score (nSPS) is 11.2. The van der Waals surface area contributed by atoms with Crippen LogP contribution in [-0.4, -0.2) is 19.2 Å². The van der Waals surface area contributed by atoms with Crippen LogP contribution in [0.5, 0.6) is 0 Å². The summed E-state index contributed by atoms with van der Waals surface area (Å²) >= 11 is 0. The summed E-state index contributed by atoms with van der Waals surface area (Å²) in [7, 11) is -3.56. The molecule has 0 unspecified atom stereocenters. The molecule has 1 aromatic heterocycles. The van der Waals surface area contributed by atoms with Crippen molar-refractivity contribution >= 4 is 21.4 Å². The Kier molecular flexibility index (Phi) is 4.19. The summed E-state index contributed by atoms with van der Waals surface area (Å²) in [6, 6.07) is 9.07. The molecule has 1 aromatic carbocycles. The molecule has 7 heteroatoms. The summed E-state index contributed by atoms with van der Waals surface area (Å²) in [6.45, 7) is 0. The van der Waals surface area contributed by atoms with Crippen molar-refractivity contribution in [3.63, 3.8) is 0 Å². The monoisotopic (exact) mass is 295 g/mol. The highest BCUT2D eigenvalue weighted by Gasteiger charge is 2.12. The summed E-state index contributed by atoms with van der Waals surface area (Å²) in [6.07, 6.45) is 1.89. The van der Waals surface area contributed by atoms with Gasteiger partial charge in [-0.25, -0.2) is 12.8 Å². The standard InChI is InChI=1S/C13H14FN3O2S/c14-12-9-11(4-5-13(12)15)17-20(18,19)8-6-10-3-1-2-7-16-10/h1-5,7,9,17H,6,8,15H2. The third kappa shape index (κ3) is 3.92. The number of halogens is 1. The minimum Gasteiger partial charge on any atom is -0.396 e. The summed E-state index contributed by atoms with van der Waals surface area (Å²) < 4.78 is 39.3. The minimum atomic E-state index is -3.56. The Morgan fingerprint density at radius 2 is 2.05 bits per heavy atom. The second kappa shape index (κ2) is 5.87. The Bertz CT molecular complexity index is 690. The maximum absolute atomic E-state index is 13.2. The molecule has 0 radical (unpaired) electrons. The first kappa shape index (κ1) is 14.3. The lowest BCUT2D eigenvalue weighted by Crippen LogP contribution is -2.18. The number of sulfonamides is 1. The van der Waals surface area contributed by atoms with Crippen LogP contribution in [0.1, 0.15) is 5.69 Å². The number of nitrogens with one attached hydrogen (secondary N) is 1. The molecular weight excluding hydrogens is 281 g/mol. The molecule has 0 fully saturated rings. The highest BCUT2D eigenvalue weighted by Crippen LogP contribution is 2.17. The molecule has 2 rings (SSSR count). The smallest absolute Gasteiger partial charge is 0.233 e. The molecule has 3 N–H and O–H groups in total. The van der Waals surface area contributed by atoms with Crippen LogP contribution in [0.2, 0.25) is 0 Å². The fourth-order valence-electron chi connectivity index (χ4n) is 1.61. The van der Waals surface area contributed by atoms with Crippen LogP contribution >= 0.6 is 0 Å². The van der Waals surface area contributed by atoms with E-state index in [4.69, 9.17) is 5.73 Å². The number of nitrogen functional groups attached to an aromatic ring is 1. The first-order valence-corrected chi connectivity index (χ1v) is 7.57. The van der Waals surface area contributed by atoms with E-state index in [2.05, 4.69) is 9.71 Å². The zero-order valence-corrected chi connectivity index (χ0v) is 11.4. The number of nitrogens with zero attached hydrogens (tertiary/aromatic N) is 1. The number of rotatable bonds is 5. The lowest BCUT2D eigenvalue weighted by molar-refractivity contribution is 0.600. The van der Waals surface area contributed by atoms with E-state index in [1.54, 1.807) is 24.4 Å². The molecule has 0 atom stereocenters. The van der Waals surface area contributed by atoms with Gasteiger partial charge in [-0.2, -0.15) is 0 Å². The van der Waals surface area contributed by atoms with Gasteiger partial charge in [0.1, 0.15) is 5.82 Å². The van der Waals surface area contributed by atoms with E-state index >= 15 is 0 Å². The molecule has 0 aliphatic heterocycles. The van der Waals surface area contributed by atoms with Crippen LogP contribution in [0, 0.1) is 5.82 Å². The van der Waals surface area contributed by atoms with Crippen LogP contribution < -0.4 is 10.5 Å². The second-order valence-electron chi connectivity index (χ2n) is 4.23. The van der Waals surface area contributed by atoms with Crippen LogP contribution in [0.4, 0.5) is 15.8 Å². The SMILES string of the molecule is Nc1ccc(NS(=O)(=O)CCc2ccccn2)cc1F. The molecule has 0 saturated heterocycles. The second-order valence-corrected chi connectivity index (χ2v) is 6.07. The van der Waals surface area contributed by atoms with E-state index < -0.39 is 15.8 Å². The first-order valence-electron chi connectivity index (χ1n) is 5.92. The van der Waals surface area contributed by atoms with Crippen molar-refractivity contribution in [2.24, 2.45) is 0 Å². The number of anilines is 2. The minimum absolute atomic E-state index is 0.0265. The van der Waals surface area contributed by atoms with Crippen molar-refractivity contribution in [3.05, 3.63) is 54.1 Å². The van der Waals surface area contributed by atoms with E-state index in [9.17, 15) is 12.8 Å². The Morgan fingerprint density at radius 3 is 2.70 bits per heavy atom. The number of aryl methyl sites for hydroxylation is 1.